The molecule has 1 nitrogen and oxygen atoms in total. The molecule has 2 rings (SSSR count). The highest BCUT2D eigenvalue weighted by molar-refractivity contribution is 5.53. The lowest BCUT2D eigenvalue weighted by Crippen LogP contribution is -2.22. The average molecular weight is 250 g/mol. The molecule has 2 aliphatic carbocycles. The molecule has 0 saturated heterocycles. The number of carbonyl (C=O) groups excluding carboxylic acids is 1. The van der Waals surface area contributed by atoms with Crippen molar-refractivity contribution in [1.82, 2.24) is 0 Å². The van der Waals surface area contributed by atoms with Gasteiger partial charge in [-0.1, -0.05) is 39.5 Å². The normalized spacial score (nSPS) is 41.6. The van der Waals surface area contributed by atoms with Gasteiger partial charge in [-0.25, -0.2) is 0 Å². The summed E-state index contributed by atoms with van der Waals surface area (Å²) in [5, 5.41) is 0. The largest absolute Gasteiger partial charge is 0.303 e. The molecule has 0 radical (unpaired) electrons. The number of hydrogen-bond acceptors (Lipinski definition) is 1. The Hall–Kier alpha value is -0.330. The molecule has 4 atom stereocenters. The van der Waals surface area contributed by atoms with Gasteiger partial charge < -0.3 is 4.79 Å². The molecule has 0 amide bonds. The fourth-order valence-corrected chi connectivity index (χ4v) is 4.54. The first kappa shape index (κ1) is 14.1. The third kappa shape index (κ3) is 4.10. The van der Waals surface area contributed by atoms with Crippen LogP contribution in [0.15, 0.2) is 0 Å². The van der Waals surface area contributed by atoms with Crippen LogP contribution >= 0.6 is 0 Å². The van der Waals surface area contributed by atoms with Crippen LogP contribution in [0.5, 0.6) is 0 Å². The van der Waals surface area contributed by atoms with Crippen LogP contribution in [0.25, 0.3) is 0 Å². The van der Waals surface area contributed by atoms with Gasteiger partial charge in [0.15, 0.2) is 0 Å². The number of rotatable bonds is 4. The van der Waals surface area contributed by atoms with Crippen molar-refractivity contribution in [2.45, 2.75) is 71.6 Å². The molecule has 2 aliphatic rings. The lowest BCUT2D eigenvalue weighted by molar-refractivity contribution is -0.112. The Morgan fingerprint density at radius 3 is 2.22 bits per heavy atom. The number of hydrogen-bond donors (Lipinski definition) is 0. The van der Waals surface area contributed by atoms with E-state index in [9.17, 15) is 4.79 Å². The van der Waals surface area contributed by atoms with Crippen LogP contribution in [0.1, 0.15) is 71.6 Å². The highest BCUT2D eigenvalue weighted by Gasteiger charge is 2.26. The zero-order valence-electron chi connectivity index (χ0n) is 12.2. The van der Waals surface area contributed by atoms with Gasteiger partial charge in [0, 0.05) is 5.92 Å². The van der Waals surface area contributed by atoms with Gasteiger partial charge in [0.1, 0.15) is 6.29 Å². The Kier molecular flexibility index (Phi) is 5.26. The van der Waals surface area contributed by atoms with Crippen LogP contribution in [0.4, 0.5) is 0 Å². The molecule has 0 aliphatic heterocycles. The lowest BCUT2D eigenvalue weighted by Gasteiger charge is -2.33. The molecule has 0 aromatic rings. The standard InChI is InChI=1S/C17H30O/c1-13-8-14(2)10-16(9-13)7-6-15-4-3-5-17(11-15)12-18/h12-17H,3-11H2,1-2H3. The van der Waals surface area contributed by atoms with E-state index >= 15 is 0 Å². The maximum Gasteiger partial charge on any atom is 0.123 e. The predicted molar refractivity (Wildman–Crippen MR) is 76.4 cm³/mol. The maximum atomic E-state index is 10.9. The zero-order chi connectivity index (χ0) is 13.0. The van der Waals surface area contributed by atoms with Gasteiger partial charge in [0.05, 0.1) is 0 Å². The summed E-state index contributed by atoms with van der Waals surface area (Å²) in [7, 11) is 0. The third-order valence-electron chi connectivity index (χ3n) is 5.28. The Morgan fingerprint density at radius 2 is 1.56 bits per heavy atom. The summed E-state index contributed by atoms with van der Waals surface area (Å²) in [4.78, 5) is 10.9. The summed E-state index contributed by atoms with van der Waals surface area (Å²) in [6.07, 6.45) is 13.3. The van der Waals surface area contributed by atoms with Crippen molar-refractivity contribution in [1.29, 1.82) is 0 Å². The fraction of sp³-hybridized carbons (Fsp3) is 0.941. The van der Waals surface area contributed by atoms with E-state index in [1.54, 1.807) is 0 Å². The van der Waals surface area contributed by atoms with Crippen LogP contribution in [0.2, 0.25) is 0 Å². The summed E-state index contributed by atoms with van der Waals surface area (Å²) in [6, 6.07) is 0. The van der Waals surface area contributed by atoms with Crippen molar-refractivity contribution in [3.63, 3.8) is 0 Å². The molecule has 2 fully saturated rings. The van der Waals surface area contributed by atoms with Crippen LogP contribution in [0.3, 0.4) is 0 Å². The fourth-order valence-electron chi connectivity index (χ4n) is 4.54. The van der Waals surface area contributed by atoms with Crippen molar-refractivity contribution >= 4 is 6.29 Å². The molecule has 0 heterocycles. The summed E-state index contributed by atoms with van der Waals surface area (Å²) >= 11 is 0. The van der Waals surface area contributed by atoms with Crippen molar-refractivity contribution in [3.8, 4) is 0 Å². The van der Waals surface area contributed by atoms with Crippen LogP contribution in [-0.2, 0) is 4.79 Å². The second kappa shape index (κ2) is 6.73. The van der Waals surface area contributed by atoms with E-state index in [-0.39, 0.29) is 0 Å². The van der Waals surface area contributed by atoms with Gasteiger partial charge in [0.25, 0.3) is 0 Å². The summed E-state index contributed by atoms with van der Waals surface area (Å²) < 4.78 is 0. The Balaban J connectivity index is 1.72. The first-order chi connectivity index (χ1) is 8.67. The van der Waals surface area contributed by atoms with E-state index in [4.69, 9.17) is 0 Å². The van der Waals surface area contributed by atoms with Crippen LogP contribution < -0.4 is 0 Å². The first-order valence-corrected chi connectivity index (χ1v) is 8.12. The minimum absolute atomic E-state index is 0.382. The second-order valence-electron chi connectivity index (χ2n) is 7.29. The SMILES string of the molecule is CC1CC(C)CC(CCC2CCCC(C=O)C2)C1. The molecule has 4 unspecified atom stereocenters. The molecule has 18 heavy (non-hydrogen) atoms. The van der Waals surface area contributed by atoms with Gasteiger partial charge in [-0.2, -0.15) is 0 Å². The first-order valence-electron chi connectivity index (χ1n) is 8.12. The lowest BCUT2D eigenvalue weighted by atomic mass is 9.72. The topological polar surface area (TPSA) is 17.1 Å². The molecule has 0 bridgehead atoms. The molecule has 0 aromatic carbocycles. The summed E-state index contributed by atoms with van der Waals surface area (Å²) in [5.41, 5.74) is 0. The monoisotopic (exact) mass is 250 g/mol. The van der Waals surface area contributed by atoms with Crippen LogP contribution in [0, 0.1) is 29.6 Å². The van der Waals surface area contributed by atoms with E-state index in [0.29, 0.717) is 5.92 Å². The zero-order valence-corrected chi connectivity index (χ0v) is 12.2. The quantitative estimate of drug-likeness (QED) is 0.652. The number of carbonyl (C=O) groups is 1. The molecular formula is C17H30O. The van der Waals surface area contributed by atoms with E-state index in [2.05, 4.69) is 13.8 Å². The highest BCUT2D eigenvalue weighted by atomic mass is 16.1. The maximum absolute atomic E-state index is 10.9. The van der Waals surface area contributed by atoms with Crippen molar-refractivity contribution in [3.05, 3.63) is 0 Å². The minimum Gasteiger partial charge on any atom is -0.303 e. The van der Waals surface area contributed by atoms with Gasteiger partial charge in [-0.15, -0.1) is 0 Å². The molecule has 104 valence electrons. The van der Waals surface area contributed by atoms with E-state index in [0.717, 1.165) is 30.1 Å². The van der Waals surface area contributed by atoms with Gasteiger partial charge in [-0.05, 0) is 55.8 Å². The molecular weight excluding hydrogens is 220 g/mol. The molecule has 1 heteroatoms. The van der Waals surface area contributed by atoms with E-state index in [1.807, 2.05) is 0 Å². The summed E-state index contributed by atoms with van der Waals surface area (Å²) in [6.45, 7) is 4.84. The predicted octanol–water partition coefficient (Wildman–Crippen LogP) is 4.84. The second-order valence-corrected chi connectivity index (χ2v) is 7.29. The summed E-state index contributed by atoms with van der Waals surface area (Å²) in [5.74, 6) is 4.08. The molecule has 0 N–H and O–H groups in total. The molecule has 0 aromatic heterocycles. The minimum atomic E-state index is 0.382. The molecule has 0 spiro atoms. The van der Waals surface area contributed by atoms with Crippen LogP contribution in [-0.4, -0.2) is 6.29 Å². The van der Waals surface area contributed by atoms with E-state index in [1.165, 1.54) is 57.7 Å². The highest BCUT2D eigenvalue weighted by Crippen LogP contribution is 2.38. The average Bonchev–Trinajstić information content (AvgIpc) is 2.35. The van der Waals surface area contributed by atoms with Gasteiger partial charge >= 0.3 is 0 Å². The van der Waals surface area contributed by atoms with E-state index < -0.39 is 0 Å². The Bertz CT molecular complexity index is 250. The molecule has 2 saturated carbocycles. The smallest absolute Gasteiger partial charge is 0.123 e. The van der Waals surface area contributed by atoms with Crippen molar-refractivity contribution in [2.24, 2.45) is 29.6 Å². The Morgan fingerprint density at radius 1 is 0.889 bits per heavy atom. The van der Waals surface area contributed by atoms with Crippen molar-refractivity contribution in [2.75, 3.05) is 0 Å². The van der Waals surface area contributed by atoms with Gasteiger partial charge in [-0.3, -0.25) is 0 Å². The van der Waals surface area contributed by atoms with Crippen molar-refractivity contribution < 1.29 is 4.79 Å². The number of aldehydes is 1. The van der Waals surface area contributed by atoms with Gasteiger partial charge in [0.2, 0.25) is 0 Å². The third-order valence-corrected chi connectivity index (χ3v) is 5.28. The Labute approximate surface area is 113 Å².